The summed E-state index contributed by atoms with van der Waals surface area (Å²) in [5.74, 6) is -1.37. The number of halogens is 3. The molecule has 1 amide bonds. The molecule has 1 atom stereocenters. The number of nitrogens with one attached hydrogen (secondary N) is 2. The molecule has 15 nitrogen and oxygen atoms in total. The van der Waals surface area contributed by atoms with Crippen molar-refractivity contribution in [3.05, 3.63) is 117 Å². The van der Waals surface area contributed by atoms with Crippen LogP contribution in [-0.4, -0.2) is 116 Å². The zero-order valence-corrected chi connectivity index (χ0v) is 38.2. The van der Waals surface area contributed by atoms with Crippen LogP contribution in [0.4, 0.5) is 30.2 Å². The van der Waals surface area contributed by atoms with Crippen LogP contribution in [0.25, 0.3) is 16.6 Å². The third-order valence-electron chi connectivity index (χ3n) is 12.8. The molecule has 4 heterocycles. The number of alkyl halides is 3. The average Bonchev–Trinajstić information content (AvgIpc) is 3.77. The summed E-state index contributed by atoms with van der Waals surface area (Å²) < 4.78 is 80.3. The summed E-state index contributed by atoms with van der Waals surface area (Å²) in [4.78, 5) is 49.8. The van der Waals surface area contributed by atoms with Crippen molar-refractivity contribution in [2.24, 2.45) is 5.41 Å². The second-order valence-corrected chi connectivity index (χ2v) is 20.2. The second kappa shape index (κ2) is 19.1. The predicted molar refractivity (Wildman–Crippen MR) is 247 cm³/mol. The minimum absolute atomic E-state index is 0.00576. The highest BCUT2D eigenvalue weighted by molar-refractivity contribution is 7.92. The van der Waals surface area contributed by atoms with Crippen molar-refractivity contribution in [3.63, 3.8) is 0 Å². The van der Waals surface area contributed by atoms with Gasteiger partial charge in [-0.1, -0.05) is 25.5 Å². The Hall–Kier alpha value is -6.31. The van der Waals surface area contributed by atoms with Gasteiger partial charge < -0.3 is 29.6 Å². The van der Waals surface area contributed by atoms with Gasteiger partial charge in [-0.25, -0.2) is 13.4 Å². The zero-order valence-electron chi connectivity index (χ0n) is 37.4. The normalized spacial score (nSPS) is 18.3. The molecular formula is C48H52F3N7O8S. The summed E-state index contributed by atoms with van der Waals surface area (Å²) in [7, 11) is -4.41. The quantitative estimate of drug-likeness (QED) is 0.0444. The highest BCUT2D eigenvalue weighted by Gasteiger charge is 2.34. The molecule has 1 unspecified atom stereocenters. The molecule has 8 rings (SSSR count). The number of carbonyl (C=O) groups excluding carboxylic acids is 2. The number of allylic oxidation sites excluding steroid dienone is 1. The molecule has 3 aromatic carbocycles. The SMILES string of the molecule is Cc1cc(C(F)(F)F)ccc1C1=C(CN2CCN(c3ccc(C(=O)CS(=O)(=O)c4ccc(NCC5CN(C=O)CCO5)c([N+](=O)[O-])c4)c(Oc4cnc5[nH]ccc5c4)c3)CC2)CCC(C)(C)C1. The maximum Gasteiger partial charge on any atom is 0.416 e. The molecule has 0 bridgehead atoms. The molecule has 5 aromatic rings. The number of aromatic nitrogens is 2. The second-order valence-electron chi connectivity index (χ2n) is 18.2. The molecule has 2 saturated heterocycles. The number of piperazine rings is 1. The maximum absolute atomic E-state index is 14.1. The van der Waals surface area contributed by atoms with Crippen LogP contribution in [0.15, 0.2) is 89.6 Å². The van der Waals surface area contributed by atoms with Gasteiger partial charge in [0.1, 0.15) is 28.6 Å². The monoisotopic (exact) mass is 943 g/mol. The number of H-pyrrole nitrogens is 1. The lowest BCUT2D eigenvalue weighted by Gasteiger charge is -2.39. The molecule has 0 spiro atoms. The lowest BCUT2D eigenvalue weighted by molar-refractivity contribution is -0.384. The lowest BCUT2D eigenvalue weighted by atomic mass is 9.72. The molecule has 67 heavy (non-hydrogen) atoms. The molecule has 2 N–H and O–H groups in total. The van der Waals surface area contributed by atoms with E-state index in [0.717, 1.165) is 47.5 Å². The Morgan fingerprint density at radius 1 is 1.06 bits per heavy atom. The fraction of sp³-hybridized carbons (Fsp3) is 0.396. The summed E-state index contributed by atoms with van der Waals surface area (Å²) >= 11 is 0. The highest BCUT2D eigenvalue weighted by Crippen LogP contribution is 2.45. The number of sulfone groups is 1. The molecule has 3 aliphatic rings. The first-order valence-corrected chi connectivity index (χ1v) is 23.7. The van der Waals surface area contributed by atoms with E-state index in [1.54, 1.807) is 37.4 Å². The van der Waals surface area contributed by atoms with Gasteiger partial charge in [-0.3, -0.25) is 24.6 Å². The zero-order chi connectivity index (χ0) is 47.7. The number of rotatable bonds is 15. The van der Waals surface area contributed by atoms with Crippen LogP contribution in [0.3, 0.4) is 0 Å². The first-order chi connectivity index (χ1) is 31.9. The minimum Gasteiger partial charge on any atom is -0.455 e. The van der Waals surface area contributed by atoms with Gasteiger partial charge in [-0.05, 0) is 96.8 Å². The minimum atomic E-state index is -4.42. The summed E-state index contributed by atoms with van der Waals surface area (Å²) in [5.41, 5.74) is 4.05. The van der Waals surface area contributed by atoms with Crippen LogP contribution in [-0.2, 0) is 25.5 Å². The van der Waals surface area contributed by atoms with Gasteiger partial charge in [0.25, 0.3) is 5.69 Å². The molecule has 354 valence electrons. The summed E-state index contributed by atoms with van der Waals surface area (Å²) in [6.07, 6.45) is 1.65. The van der Waals surface area contributed by atoms with Crippen molar-refractivity contribution in [1.29, 1.82) is 0 Å². The first kappa shape index (κ1) is 47.2. The van der Waals surface area contributed by atoms with Gasteiger partial charge >= 0.3 is 6.18 Å². The maximum atomic E-state index is 14.1. The number of anilines is 2. The first-order valence-electron chi connectivity index (χ1n) is 22.1. The van der Waals surface area contributed by atoms with Crippen molar-refractivity contribution in [2.75, 3.05) is 74.9 Å². The number of benzene rings is 3. The largest absolute Gasteiger partial charge is 0.455 e. The van der Waals surface area contributed by atoms with Crippen LogP contribution in [0.5, 0.6) is 11.5 Å². The van der Waals surface area contributed by atoms with Crippen LogP contribution >= 0.6 is 0 Å². The van der Waals surface area contributed by atoms with E-state index < -0.39 is 54.7 Å². The Labute approximate surface area is 386 Å². The average molecular weight is 944 g/mol. The van der Waals surface area contributed by atoms with E-state index >= 15 is 0 Å². The molecule has 0 radical (unpaired) electrons. The van der Waals surface area contributed by atoms with E-state index in [1.807, 2.05) is 6.07 Å². The lowest BCUT2D eigenvalue weighted by Crippen LogP contribution is -2.47. The van der Waals surface area contributed by atoms with E-state index in [0.29, 0.717) is 69.2 Å². The van der Waals surface area contributed by atoms with E-state index in [-0.39, 0.29) is 35.5 Å². The van der Waals surface area contributed by atoms with E-state index in [1.165, 1.54) is 47.0 Å². The number of aryl methyl sites for hydroxylation is 1. The summed E-state index contributed by atoms with van der Waals surface area (Å²) in [6, 6.07) is 15.9. The van der Waals surface area contributed by atoms with Gasteiger partial charge in [-0.15, -0.1) is 0 Å². The van der Waals surface area contributed by atoms with Gasteiger partial charge in [-0.2, -0.15) is 13.2 Å². The number of hydrogen-bond donors (Lipinski definition) is 2. The molecule has 2 aliphatic heterocycles. The van der Waals surface area contributed by atoms with Crippen LogP contribution in [0, 0.1) is 22.5 Å². The summed E-state index contributed by atoms with van der Waals surface area (Å²) in [5, 5.41) is 15.8. The number of carbonyl (C=O) groups is 2. The third kappa shape index (κ3) is 11.0. The van der Waals surface area contributed by atoms with Gasteiger partial charge in [0.05, 0.1) is 39.9 Å². The number of nitro benzene ring substituents is 1. The number of Topliss-reactive ketones (excluding diaryl/α,β-unsaturated/α-hetero) is 1. The Balaban J connectivity index is 1.00. The fourth-order valence-corrected chi connectivity index (χ4v) is 10.3. The number of morpholine rings is 1. The van der Waals surface area contributed by atoms with Crippen molar-refractivity contribution >= 4 is 55.7 Å². The van der Waals surface area contributed by atoms with Gasteiger partial charge in [0, 0.05) is 81.8 Å². The van der Waals surface area contributed by atoms with Crippen LogP contribution in [0.1, 0.15) is 60.2 Å². The van der Waals surface area contributed by atoms with E-state index in [4.69, 9.17) is 9.47 Å². The predicted octanol–water partition coefficient (Wildman–Crippen LogP) is 8.30. The molecular weight excluding hydrogens is 892 g/mol. The topological polar surface area (TPSA) is 180 Å². The Morgan fingerprint density at radius 3 is 2.58 bits per heavy atom. The Bertz CT molecular complexity index is 2840. The Kier molecular flexibility index (Phi) is 13.5. The standard InChI is InChI=1S/C48H52F3N7O8S/c1-31-20-34(48(49,50)51)4-7-39(31)41-24-47(2,3)12-10-33(41)27-55-14-16-57(17-15-55)35-5-8-40(45(22-35)66-36-21-32-11-13-52-46(32)54-25-36)44(60)29-67(63,64)38-6-9-42(43(23-38)58(61)62)53-26-37-28-56(30-59)18-19-65-37/h4-9,11,13,20-23,25,30,37,53H,10,12,14-19,24,26-29H2,1-3H3,(H,52,54). The third-order valence-corrected chi connectivity index (χ3v) is 14.4. The highest BCUT2D eigenvalue weighted by atomic mass is 32.2. The van der Waals surface area contributed by atoms with E-state index in [9.17, 15) is 41.3 Å². The number of hydrogen-bond acceptors (Lipinski definition) is 12. The number of nitrogens with zero attached hydrogens (tertiary/aromatic N) is 5. The van der Waals surface area contributed by atoms with Crippen molar-refractivity contribution in [2.45, 2.75) is 57.2 Å². The molecule has 2 fully saturated rings. The molecule has 1 aliphatic carbocycles. The van der Waals surface area contributed by atoms with Gasteiger partial charge in [0.2, 0.25) is 6.41 Å². The Morgan fingerprint density at radius 2 is 1.85 bits per heavy atom. The summed E-state index contributed by atoms with van der Waals surface area (Å²) in [6.45, 7) is 10.6. The number of ether oxygens (including phenoxy) is 2. The van der Waals surface area contributed by atoms with E-state index in [2.05, 4.69) is 38.9 Å². The fourth-order valence-electron chi connectivity index (χ4n) is 9.05. The molecule has 19 heteroatoms. The van der Waals surface area contributed by atoms with Crippen LogP contribution in [0.2, 0.25) is 0 Å². The smallest absolute Gasteiger partial charge is 0.416 e. The number of fused-ring (bicyclic) bond motifs is 1. The van der Waals surface area contributed by atoms with Gasteiger partial charge in [0.15, 0.2) is 15.6 Å². The molecule has 2 aromatic heterocycles. The number of ketones is 1. The van der Waals surface area contributed by atoms with Crippen molar-refractivity contribution in [1.82, 2.24) is 19.8 Å². The number of amides is 1. The molecule has 0 saturated carbocycles. The van der Waals surface area contributed by atoms with Crippen LogP contribution < -0.4 is 15.0 Å². The van der Waals surface area contributed by atoms with Crippen molar-refractivity contribution in [3.8, 4) is 11.5 Å². The van der Waals surface area contributed by atoms with Crippen molar-refractivity contribution < 1.29 is 45.6 Å². The number of nitro groups is 1. The number of pyridine rings is 1. The number of aromatic amines is 1.